The van der Waals surface area contributed by atoms with E-state index in [2.05, 4.69) is 31.5 Å². The maximum absolute atomic E-state index is 11.3. The number of carbonyl (C=O) groups is 1. The fraction of sp³-hybridized carbons (Fsp3) is 0.125. The first-order chi connectivity index (χ1) is 11.2. The number of nitrogens with one attached hydrogen (secondary N) is 2. The molecule has 0 saturated heterocycles. The van der Waals surface area contributed by atoms with Gasteiger partial charge in [0.05, 0.1) is 6.20 Å². The molecule has 23 heavy (non-hydrogen) atoms. The number of urea groups is 1. The third kappa shape index (κ3) is 5.05. The van der Waals surface area contributed by atoms with Crippen molar-refractivity contribution in [2.75, 3.05) is 11.9 Å². The molecule has 0 aliphatic carbocycles. The first-order valence-electron chi connectivity index (χ1n) is 6.85. The predicted molar refractivity (Wildman–Crippen MR) is 92.3 cm³/mol. The number of hydrogen-bond donors (Lipinski definition) is 2. The summed E-state index contributed by atoms with van der Waals surface area (Å²) in [4.78, 5) is 23.7. The Hall–Kier alpha value is -2.98. The number of rotatable bonds is 2. The zero-order valence-electron chi connectivity index (χ0n) is 12.5. The third-order valence-electron chi connectivity index (χ3n) is 2.56. The van der Waals surface area contributed by atoms with E-state index >= 15 is 0 Å². The molecule has 0 aliphatic rings. The first-order valence-corrected chi connectivity index (χ1v) is 7.79. The highest BCUT2D eigenvalue weighted by atomic mass is 32.1. The maximum Gasteiger partial charge on any atom is 0.320 e. The number of anilines is 1. The predicted octanol–water partition coefficient (Wildman–Crippen LogP) is 2.90. The van der Waals surface area contributed by atoms with E-state index in [1.807, 2.05) is 29.8 Å². The van der Waals surface area contributed by atoms with Crippen molar-refractivity contribution in [1.29, 1.82) is 0 Å². The van der Waals surface area contributed by atoms with Crippen molar-refractivity contribution in [3.05, 3.63) is 46.9 Å². The summed E-state index contributed by atoms with van der Waals surface area (Å²) >= 11 is 1.71. The van der Waals surface area contributed by atoms with Gasteiger partial charge in [-0.2, -0.15) is 11.3 Å². The average Bonchev–Trinajstić information content (AvgIpc) is 3.14. The Morgan fingerprint density at radius 1 is 1.30 bits per heavy atom. The average molecular weight is 325 g/mol. The minimum atomic E-state index is -0.308. The highest BCUT2D eigenvalue weighted by Gasteiger charge is 2.04. The van der Waals surface area contributed by atoms with E-state index < -0.39 is 0 Å². The summed E-state index contributed by atoms with van der Waals surface area (Å²) in [6.07, 6.45) is 6.70. The Bertz CT molecular complexity index is 794. The van der Waals surface area contributed by atoms with Crippen LogP contribution in [0.5, 0.6) is 0 Å². The molecule has 2 amide bonds. The number of nitrogens with zero attached hydrogens (tertiary/aromatic N) is 3. The van der Waals surface area contributed by atoms with E-state index in [4.69, 9.17) is 6.42 Å². The lowest BCUT2D eigenvalue weighted by atomic mass is 10.3. The summed E-state index contributed by atoms with van der Waals surface area (Å²) < 4.78 is 0. The zero-order valence-corrected chi connectivity index (χ0v) is 13.3. The molecule has 3 heterocycles. The first kappa shape index (κ1) is 16.4. The molecule has 6 nitrogen and oxygen atoms in total. The summed E-state index contributed by atoms with van der Waals surface area (Å²) in [5, 5.41) is 9.29. The quantitative estimate of drug-likeness (QED) is 0.710. The minimum Gasteiger partial charge on any atom is -0.338 e. The van der Waals surface area contributed by atoms with Gasteiger partial charge in [-0.3, -0.25) is 5.32 Å². The van der Waals surface area contributed by atoms with Crippen LogP contribution in [0, 0.1) is 12.3 Å². The van der Waals surface area contributed by atoms with Crippen LogP contribution >= 0.6 is 11.3 Å². The Morgan fingerprint density at radius 2 is 2.09 bits per heavy atom. The van der Waals surface area contributed by atoms with Crippen molar-refractivity contribution in [1.82, 2.24) is 20.3 Å². The second-order valence-corrected chi connectivity index (χ2v) is 5.03. The van der Waals surface area contributed by atoms with E-state index in [0.717, 1.165) is 0 Å². The molecule has 0 unspecified atom stereocenters. The van der Waals surface area contributed by atoms with Gasteiger partial charge in [0.25, 0.3) is 0 Å². The van der Waals surface area contributed by atoms with Gasteiger partial charge in [0, 0.05) is 6.54 Å². The molecule has 0 radical (unpaired) electrons. The van der Waals surface area contributed by atoms with E-state index in [-0.39, 0.29) is 6.03 Å². The molecular weight excluding hydrogens is 310 g/mol. The summed E-state index contributed by atoms with van der Waals surface area (Å²) in [6, 6.07) is 7.08. The number of terminal acetylenes is 1. The Kier molecular flexibility index (Phi) is 6.03. The van der Waals surface area contributed by atoms with Crippen LogP contribution in [0.3, 0.4) is 0 Å². The molecule has 7 heteroatoms. The molecule has 3 aromatic heterocycles. The van der Waals surface area contributed by atoms with Crippen LogP contribution in [0.25, 0.3) is 11.2 Å². The standard InChI is InChI=1S/C12H11N5O.C4H4S/c1-3-8-7-14-11-9(15-8)5-6-10(16-11)17-12(18)13-4-2;1-2-4-5-3-1/h1,5-7H,4H2,2H3,(H2,13,14,16,17,18);1-4H. The molecule has 0 atom stereocenters. The number of aromatic nitrogens is 3. The lowest BCUT2D eigenvalue weighted by molar-refractivity contribution is 0.252. The largest absolute Gasteiger partial charge is 0.338 e. The van der Waals surface area contributed by atoms with Crippen LogP contribution in [-0.2, 0) is 0 Å². The van der Waals surface area contributed by atoms with Gasteiger partial charge in [0.15, 0.2) is 5.65 Å². The van der Waals surface area contributed by atoms with E-state index in [1.165, 1.54) is 6.20 Å². The van der Waals surface area contributed by atoms with E-state index in [9.17, 15) is 4.79 Å². The van der Waals surface area contributed by atoms with Gasteiger partial charge in [0.1, 0.15) is 17.0 Å². The van der Waals surface area contributed by atoms with Gasteiger partial charge < -0.3 is 5.32 Å². The van der Waals surface area contributed by atoms with Crippen molar-refractivity contribution in [3.63, 3.8) is 0 Å². The van der Waals surface area contributed by atoms with Crippen molar-refractivity contribution in [2.45, 2.75) is 6.92 Å². The summed E-state index contributed by atoms with van der Waals surface area (Å²) in [5.74, 6) is 2.81. The second-order valence-electron chi connectivity index (χ2n) is 4.22. The number of thiophene rings is 1. The molecule has 116 valence electrons. The van der Waals surface area contributed by atoms with E-state index in [0.29, 0.717) is 29.2 Å². The maximum atomic E-state index is 11.3. The monoisotopic (exact) mass is 325 g/mol. The van der Waals surface area contributed by atoms with Crippen molar-refractivity contribution < 1.29 is 4.79 Å². The molecule has 0 spiro atoms. The SMILES string of the molecule is C#Cc1cnc2nc(NC(=O)NCC)ccc2n1.c1ccsc1. The number of fused-ring (bicyclic) bond motifs is 1. The Labute approximate surface area is 138 Å². The zero-order chi connectivity index (χ0) is 16.5. The van der Waals surface area contributed by atoms with Crippen LogP contribution in [0.1, 0.15) is 12.6 Å². The molecule has 3 aromatic rings. The molecule has 0 saturated carbocycles. The minimum absolute atomic E-state index is 0.308. The lowest BCUT2D eigenvalue weighted by Gasteiger charge is -2.05. The molecule has 2 N–H and O–H groups in total. The summed E-state index contributed by atoms with van der Waals surface area (Å²) in [7, 11) is 0. The molecule has 0 bridgehead atoms. The van der Waals surface area contributed by atoms with E-state index in [1.54, 1.807) is 23.5 Å². The van der Waals surface area contributed by atoms with Crippen LogP contribution in [0.15, 0.2) is 41.2 Å². The second kappa shape index (κ2) is 8.46. The van der Waals surface area contributed by atoms with Gasteiger partial charge in [-0.25, -0.2) is 19.7 Å². The molecule has 0 aromatic carbocycles. The van der Waals surface area contributed by atoms with Gasteiger partial charge in [-0.1, -0.05) is 12.1 Å². The fourth-order valence-electron chi connectivity index (χ4n) is 1.59. The molecular formula is C16H15N5OS. The van der Waals surface area contributed by atoms with Crippen molar-refractivity contribution in [2.24, 2.45) is 0 Å². The number of pyridine rings is 1. The smallest absolute Gasteiger partial charge is 0.320 e. The Morgan fingerprint density at radius 3 is 2.70 bits per heavy atom. The van der Waals surface area contributed by atoms with Crippen molar-refractivity contribution >= 4 is 34.3 Å². The number of carbonyl (C=O) groups excluding carboxylic acids is 1. The number of hydrogen-bond acceptors (Lipinski definition) is 5. The lowest BCUT2D eigenvalue weighted by Crippen LogP contribution is -2.28. The normalized spacial score (nSPS) is 9.39. The van der Waals surface area contributed by atoms with Crippen molar-refractivity contribution in [3.8, 4) is 12.3 Å². The highest BCUT2D eigenvalue weighted by molar-refractivity contribution is 7.07. The highest BCUT2D eigenvalue weighted by Crippen LogP contribution is 2.11. The Balaban J connectivity index is 0.000000326. The summed E-state index contributed by atoms with van der Waals surface area (Å²) in [5.41, 5.74) is 1.48. The van der Waals surface area contributed by atoms with Crippen LogP contribution in [0.4, 0.5) is 10.6 Å². The van der Waals surface area contributed by atoms with Crippen LogP contribution in [-0.4, -0.2) is 27.5 Å². The summed E-state index contributed by atoms with van der Waals surface area (Å²) in [6.45, 7) is 2.38. The number of amides is 2. The molecule has 3 rings (SSSR count). The fourth-order valence-corrected chi connectivity index (χ4v) is 2.04. The third-order valence-corrected chi connectivity index (χ3v) is 3.19. The van der Waals surface area contributed by atoms with Gasteiger partial charge in [0.2, 0.25) is 0 Å². The topological polar surface area (TPSA) is 79.8 Å². The van der Waals surface area contributed by atoms with Gasteiger partial charge in [-0.15, -0.1) is 6.42 Å². The van der Waals surface area contributed by atoms with Gasteiger partial charge >= 0.3 is 6.03 Å². The van der Waals surface area contributed by atoms with Crippen LogP contribution in [0.2, 0.25) is 0 Å². The molecule has 0 aliphatic heterocycles. The molecule has 0 fully saturated rings. The van der Waals surface area contributed by atoms with Crippen LogP contribution < -0.4 is 10.6 Å². The van der Waals surface area contributed by atoms with Gasteiger partial charge in [-0.05, 0) is 35.7 Å².